The lowest BCUT2D eigenvalue weighted by Gasteiger charge is -2.20. The van der Waals surface area contributed by atoms with Crippen molar-refractivity contribution in [1.29, 1.82) is 0 Å². The van der Waals surface area contributed by atoms with Gasteiger partial charge in [-0.1, -0.05) is 183 Å². The lowest BCUT2D eigenvalue weighted by atomic mass is 10.0. The van der Waals surface area contributed by atoms with E-state index in [1.807, 2.05) is 0 Å². The van der Waals surface area contributed by atoms with Crippen LogP contribution in [0, 0.1) is 0 Å². The molecule has 10 heteroatoms. The van der Waals surface area contributed by atoms with Gasteiger partial charge in [-0.15, -0.1) is 0 Å². The summed E-state index contributed by atoms with van der Waals surface area (Å²) < 4.78 is 33.3. The Morgan fingerprint density at radius 1 is 0.561 bits per heavy atom. The lowest BCUT2D eigenvalue weighted by Crippen LogP contribution is -2.29. The Morgan fingerprint density at radius 2 is 0.982 bits per heavy atom. The van der Waals surface area contributed by atoms with E-state index in [-0.39, 0.29) is 13.0 Å². The van der Waals surface area contributed by atoms with E-state index >= 15 is 0 Å². The molecule has 0 aliphatic rings. The van der Waals surface area contributed by atoms with Crippen molar-refractivity contribution < 1.29 is 43.0 Å². The largest absolute Gasteiger partial charge is 0.472 e. The zero-order valence-electron chi connectivity index (χ0n) is 36.0. The van der Waals surface area contributed by atoms with E-state index in [0.29, 0.717) is 6.61 Å². The summed E-state index contributed by atoms with van der Waals surface area (Å²) in [5.74, 6) is -0.403. The molecule has 9 nitrogen and oxygen atoms in total. The highest BCUT2D eigenvalue weighted by atomic mass is 31.2. The van der Waals surface area contributed by atoms with Crippen LogP contribution in [0.1, 0.15) is 174 Å². The smallest absolute Gasteiger partial charge is 0.457 e. The molecule has 0 fully saturated rings. The Morgan fingerprint density at radius 3 is 1.44 bits per heavy atom. The summed E-state index contributed by atoms with van der Waals surface area (Å²) in [6.45, 7) is 3.25. The number of hydrogen-bond acceptors (Lipinski definition) is 8. The zero-order valence-corrected chi connectivity index (χ0v) is 36.9. The van der Waals surface area contributed by atoms with Gasteiger partial charge in [0.1, 0.15) is 12.2 Å². The van der Waals surface area contributed by atoms with Gasteiger partial charge in [0.2, 0.25) is 0 Å². The average molecular weight is 823 g/mol. The number of carbonyl (C=O) groups is 1. The second-order valence-electron chi connectivity index (χ2n) is 14.7. The van der Waals surface area contributed by atoms with Crippen LogP contribution < -0.4 is 0 Å². The van der Waals surface area contributed by atoms with Crippen molar-refractivity contribution in [2.75, 3.05) is 33.0 Å². The number of rotatable bonds is 42. The predicted molar refractivity (Wildman–Crippen MR) is 237 cm³/mol. The predicted octanol–water partition coefficient (Wildman–Crippen LogP) is 12.5. The number of phosphoric acid groups is 1. The number of unbranched alkanes of at least 4 members (excludes halogenated alkanes) is 16. The standard InChI is InChI=1S/C47H83O9P/c1-3-5-7-9-11-13-15-17-19-21-22-23-24-26-28-30-32-34-36-38-40-53-43-46(44-55-57(51,52)54-42-45(49)41-48)56-47(50)39-37-35-33-31-29-27-25-20-18-16-14-12-10-8-6-4-2/h5,7,11,13,17,19,22-23,26,28,32,34,45-46,48-49H,3-4,6,8-10,12,14-16,18,20-21,24-25,27,29-31,33,35-44H2,1-2H3,(H,51,52)/b7-5-,13-11-,19-17-,23-22-,28-26-,34-32-. The molecule has 0 saturated carbocycles. The Kier molecular flexibility index (Phi) is 41.9. The first kappa shape index (κ1) is 54.9. The maximum atomic E-state index is 12.6. The van der Waals surface area contributed by atoms with E-state index < -0.39 is 45.8 Å². The van der Waals surface area contributed by atoms with Crippen molar-refractivity contribution in [3.05, 3.63) is 72.9 Å². The molecule has 0 radical (unpaired) electrons. The highest BCUT2D eigenvalue weighted by molar-refractivity contribution is 7.47. The van der Waals surface area contributed by atoms with Crippen LogP contribution in [-0.2, 0) is 27.9 Å². The molecule has 0 aliphatic carbocycles. The van der Waals surface area contributed by atoms with E-state index in [1.165, 1.54) is 83.5 Å². The van der Waals surface area contributed by atoms with Gasteiger partial charge in [0.25, 0.3) is 0 Å². The maximum Gasteiger partial charge on any atom is 0.472 e. The molecule has 0 saturated heterocycles. The van der Waals surface area contributed by atoms with Gasteiger partial charge >= 0.3 is 13.8 Å². The minimum atomic E-state index is -4.54. The third-order valence-corrected chi connectivity index (χ3v) is 10.1. The summed E-state index contributed by atoms with van der Waals surface area (Å²) >= 11 is 0. The van der Waals surface area contributed by atoms with Gasteiger partial charge in [0.05, 0.1) is 26.4 Å². The minimum absolute atomic E-state index is 0.00765. The Hall–Kier alpha value is -2.10. The van der Waals surface area contributed by atoms with E-state index in [0.717, 1.165) is 70.6 Å². The van der Waals surface area contributed by atoms with Gasteiger partial charge < -0.3 is 24.6 Å². The monoisotopic (exact) mass is 823 g/mol. The van der Waals surface area contributed by atoms with Gasteiger partial charge in [-0.2, -0.15) is 0 Å². The molecule has 0 amide bonds. The van der Waals surface area contributed by atoms with Crippen molar-refractivity contribution in [3.8, 4) is 0 Å². The molecule has 0 aromatic rings. The van der Waals surface area contributed by atoms with Crippen LogP contribution in [0.2, 0.25) is 0 Å². The molecule has 3 N–H and O–H groups in total. The number of carbonyl (C=O) groups excluding carboxylic acids is 1. The fourth-order valence-corrected chi connectivity index (χ4v) is 6.57. The number of esters is 1. The third-order valence-electron chi connectivity index (χ3n) is 9.16. The summed E-state index contributed by atoms with van der Waals surface area (Å²) in [4.78, 5) is 22.6. The topological polar surface area (TPSA) is 132 Å². The van der Waals surface area contributed by atoms with Gasteiger partial charge in [0, 0.05) is 13.0 Å². The van der Waals surface area contributed by atoms with Gasteiger partial charge in [-0.05, 0) is 57.8 Å². The van der Waals surface area contributed by atoms with Crippen molar-refractivity contribution in [1.82, 2.24) is 0 Å². The fourth-order valence-electron chi connectivity index (χ4n) is 5.78. The third kappa shape index (κ3) is 43.3. The van der Waals surface area contributed by atoms with Gasteiger partial charge in [-0.3, -0.25) is 13.8 Å². The normalized spacial score (nSPS) is 14.7. The first-order valence-corrected chi connectivity index (χ1v) is 23.9. The molecule has 0 rings (SSSR count). The molecular formula is C47H83O9P. The second-order valence-corrected chi connectivity index (χ2v) is 16.1. The Bertz CT molecular complexity index is 1110. The first-order chi connectivity index (χ1) is 27.8. The molecule has 330 valence electrons. The summed E-state index contributed by atoms with van der Waals surface area (Å²) in [6.07, 6.45) is 51.6. The Labute approximate surface area is 348 Å². The molecular weight excluding hydrogens is 739 g/mol. The lowest BCUT2D eigenvalue weighted by molar-refractivity contribution is -0.154. The second kappa shape index (κ2) is 43.5. The van der Waals surface area contributed by atoms with Crippen LogP contribution in [0.3, 0.4) is 0 Å². The van der Waals surface area contributed by atoms with Crippen molar-refractivity contribution in [2.45, 2.75) is 187 Å². The Balaban J connectivity index is 4.27. The van der Waals surface area contributed by atoms with Crippen LogP contribution in [0.25, 0.3) is 0 Å². The number of ether oxygens (including phenoxy) is 2. The summed E-state index contributed by atoms with van der Waals surface area (Å²) in [6, 6.07) is 0. The van der Waals surface area contributed by atoms with E-state index in [9.17, 15) is 19.4 Å². The molecule has 0 aromatic carbocycles. The van der Waals surface area contributed by atoms with Gasteiger partial charge in [-0.25, -0.2) is 4.57 Å². The highest BCUT2D eigenvalue weighted by Gasteiger charge is 2.26. The molecule has 0 spiro atoms. The number of aliphatic hydroxyl groups excluding tert-OH is 2. The van der Waals surface area contributed by atoms with E-state index in [1.54, 1.807) is 0 Å². The van der Waals surface area contributed by atoms with Crippen LogP contribution in [0.5, 0.6) is 0 Å². The maximum absolute atomic E-state index is 12.6. The van der Waals surface area contributed by atoms with Crippen LogP contribution in [0.15, 0.2) is 72.9 Å². The molecule has 3 unspecified atom stereocenters. The van der Waals surface area contributed by atoms with Crippen molar-refractivity contribution in [2.24, 2.45) is 0 Å². The first-order valence-electron chi connectivity index (χ1n) is 22.4. The number of hydrogen-bond donors (Lipinski definition) is 3. The molecule has 57 heavy (non-hydrogen) atoms. The molecule has 3 atom stereocenters. The quantitative estimate of drug-likeness (QED) is 0.0238. The fraction of sp³-hybridized carbons (Fsp3) is 0.723. The number of aliphatic hydroxyl groups is 2. The van der Waals surface area contributed by atoms with Crippen LogP contribution in [-0.4, -0.2) is 66.3 Å². The number of allylic oxidation sites excluding steroid dienone is 12. The van der Waals surface area contributed by atoms with Gasteiger partial charge in [0.15, 0.2) is 0 Å². The summed E-state index contributed by atoms with van der Waals surface area (Å²) in [5, 5.41) is 18.4. The van der Waals surface area contributed by atoms with Crippen LogP contribution in [0.4, 0.5) is 0 Å². The molecule has 0 heterocycles. The van der Waals surface area contributed by atoms with E-state index in [2.05, 4.69) is 86.8 Å². The average Bonchev–Trinajstić information content (AvgIpc) is 3.20. The minimum Gasteiger partial charge on any atom is -0.457 e. The van der Waals surface area contributed by atoms with E-state index in [4.69, 9.17) is 23.6 Å². The van der Waals surface area contributed by atoms with Crippen LogP contribution >= 0.6 is 7.82 Å². The highest BCUT2D eigenvalue weighted by Crippen LogP contribution is 2.43. The van der Waals surface area contributed by atoms with Crippen molar-refractivity contribution in [3.63, 3.8) is 0 Å². The summed E-state index contributed by atoms with van der Waals surface area (Å²) in [7, 11) is -4.54. The number of phosphoric ester groups is 1. The zero-order chi connectivity index (χ0) is 41.8. The molecule has 0 bridgehead atoms. The molecule has 0 aliphatic heterocycles. The SMILES string of the molecule is CC/C=C\C/C=C\C/C=C\C/C=C\C/C=C\C/C=C\CCCOCC(COP(=O)(O)OCC(O)CO)OC(=O)CCCCCCCCCCCCCCCCCC. The van der Waals surface area contributed by atoms with Crippen molar-refractivity contribution >= 4 is 13.8 Å². The molecule has 0 aromatic heterocycles. The summed E-state index contributed by atoms with van der Waals surface area (Å²) in [5.41, 5.74) is 0.